The van der Waals surface area contributed by atoms with E-state index < -0.39 is 0 Å². The zero-order chi connectivity index (χ0) is 18.5. The van der Waals surface area contributed by atoms with Crippen molar-refractivity contribution in [2.24, 2.45) is 0 Å². The summed E-state index contributed by atoms with van der Waals surface area (Å²) in [6.45, 7) is 5.97. The Balaban J connectivity index is 0.00000196. The predicted molar refractivity (Wildman–Crippen MR) is 99.7 cm³/mol. The number of rotatable bonds is 7. The molecular weight excluding hydrogens is 355 g/mol. The van der Waals surface area contributed by atoms with E-state index in [0.717, 1.165) is 23.3 Å². The molecule has 1 N–H and O–H groups in total. The Hall–Kier alpha value is -2.02. The minimum absolute atomic E-state index is 0. The van der Waals surface area contributed by atoms with Crippen LogP contribution in [0.1, 0.15) is 27.8 Å². The van der Waals surface area contributed by atoms with Gasteiger partial charge in [-0.15, -0.1) is 0 Å². The zero-order valence-electron chi connectivity index (χ0n) is 17.1. The third-order valence-electron chi connectivity index (χ3n) is 3.68. The minimum atomic E-state index is -0.257. The van der Waals surface area contributed by atoms with E-state index in [9.17, 15) is 4.79 Å². The summed E-state index contributed by atoms with van der Waals surface area (Å²) in [6, 6.07) is 12.8. The molecule has 0 aliphatic rings. The van der Waals surface area contributed by atoms with Gasteiger partial charge >= 0.3 is 29.6 Å². The van der Waals surface area contributed by atoms with Gasteiger partial charge in [0.15, 0.2) is 5.76 Å². The van der Waals surface area contributed by atoms with Gasteiger partial charge in [0, 0.05) is 24.2 Å². The first kappa shape index (κ1) is 21.3. The average Bonchev–Trinajstić information content (AvgIpc) is 3.01. The normalized spacial score (nSPS) is 11.7. The Kier molecular flexibility index (Phi) is 7.71. The quantitative estimate of drug-likeness (QED) is 0.620. The van der Waals surface area contributed by atoms with Crippen LogP contribution in [0.5, 0.6) is 11.6 Å². The van der Waals surface area contributed by atoms with E-state index >= 15 is 0 Å². The van der Waals surface area contributed by atoms with Gasteiger partial charge in [-0.2, -0.15) is 5.16 Å². The Morgan fingerprint density at radius 3 is 2.48 bits per heavy atom. The number of ether oxygens (including phenoxy) is 2. The summed E-state index contributed by atoms with van der Waals surface area (Å²) in [5, 5.41) is 2.28. The van der Waals surface area contributed by atoms with Gasteiger partial charge in [-0.05, 0) is 56.7 Å². The molecule has 3 rings (SSSR count). The molecule has 3 aromatic rings. The van der Waals surface area contributed by atoms with Crippen molar-refractivity contribution in [3.05, 3.63) is 64.6 Å². The molecule has 7 heteroatoms. The molecule has 1 atom stereocenters. The fourth-order valence-corrected chi connectivity index (χ4v) is 2.61. The minimum Gasteiger partial charge on any atom is -1.00 e. The zero-order valence-corrected chi connectivity index (χ0v) is 18.1. The number of benzene rings is 1. The molecule has 27 heavy (non-hydrogen) atoms. The molecule has 0 aliphatic heterocycles. The number of nitrogens with zero attached hydrogens (tertiary/aromatic N) is 1. The van der Waals surface area contributed by atoms with Crippen molar-refractivity contribution in [1.82, 2.24) is 10.1 Å². The van der Waals surface area contributed by atoms with Crippen LogP contribution in [0, 0.1) is 0 Å². The molecule has 0 bridgehead atoms. The molecule has 0 unspecified atom stereocenters. The Morgan fingerprint density at radius 1 is 1.11 bits per heavy atom. The molecule has 1 aromatic carbocycles. The van der Waals surface area contributed by atoms with Crippen molar-refractivity contribution in [3.8, 4) is 23.0 Å². The summed E-state index contributed by atoms with van der Waals surface area (Å²) >= 11 is 0. The SMILES string of the molecule is CC(C)Oc1cc(C[C@@H](C)Oc2ccc(-c3cc(=O)[nH]o3)cc2)ccn1.[H-].[Na+]. The average molecular weight is 378 g/mol. The van der Waals surface area contributed by atoms with E-state index in [1.165, 1.54) is 6.07 Å². The van der Waals surface area contributed by atoms with Crippen LogP contribution in [-0.2, 0) is 6.42 Å². The maximum absolute atomic E-state index is 11.1. The monoisotopic (exact) mass is 378 g/mol. The third-order valence-corrected chi connectivity index (χ3v) is 3.68. The smallest absolute Gasteiger partial charge is 1.00 e. The van der Waals surface area contributed by atoms with Crippen LogP contribution in [0.4, 0.5) is 0 Å². The van der Waals surface area contributed by atoms with Crippen LogP contribution < -0.4 is 44.6 Å². The standard InChI is InChI=1S/C20H22N2O4.Na.H/c1-13(2)24-20-11-15(8-9-21-20)10-14(3)25-17-6-4-16(5-7-17)18-12-19(23)22-26-18;;/h4-9,11-14H,10H2,1-3H3,(H,22,23);;/q;+1;-1/t14-;;/m1../s1. The van der Waals surface area contributed by atoms with Gasteiger partial charge in [-0.3, -0.25) is 4.79 Å². The van der Waals surface area contributed by atoms with E-state index in [4.69, 9.17) is 14.0 Å². The molecule has 0 amide bonds. The van der Waals surface area contributed by atoms with Crippen LogP contribution in [0.3, 0.4) is 0 Å². The van der Waals surface area contributed by atoms with Gasteiger partial charge in [-0.1, -0.05) is 0 Å². The van der Waals surface area contributed by atoms with Crippen molar-refractivity contribution < 1.29 is 45.0 Å². The molecule has 6 nitrogen and oxygen atoms in total. The Labute approximate surface area is 181 Å². The van der Waals surface area contributed by atoms with Crippen LogP contribution in [0.15, 0.2) is 58.0 Å². The van der Waals surface area contributed by atoms with Crippen LogP contribution in [0.2, 0.25) is 0 Å². The fourth-order valence-electron chi connectivity index (χ4n) is 2.61. The summed E-state index contributed by atoms with van der Waals surface area (Å²) in [4.78, 5) is 15.4. The number of hydrogen-bond donors (Lipinski definition) is 1. The van der Waals surface area contributed by atoms with E-state index in [1.807, 2.05) is 57.2 Å². The van der Waals surface area contributed by atoms with Gasteiger partial charge in [0.25, 0.3) is 5.56 Å². The number of hydrogen-bond acceptors (Lipinski definition) is 5. The summed E-state index contributed by atoms with van der Waals surface area (Å²) in [5.74, 6) is 1.89. The number of nitrogens with one attached hydrogen (secondary N) is 1. The summed E-state index contributed by atoms with van der Waals surface area (Å²) < 4.78 is 16.7. The largest absolute Gasteiger partial charge is 1.00 e. The van der Waals surface area contributed by atoms with Gasteiger partial charge < -0.3 is 15.4 Å². The van der Waals surface area contributed by atoms with Crippen LogP contribution in [0.25, 0.3) is 11.3 Å². The maximum Gasteiger partial charge on any atom is 1.00 e. The summed E-state index contributed by atoms with van der Waals surface area (Å²) in [6.07, 6.45) is 2.57. The molecule has 0 radical (unpaired) electrons. The van der Waals surface area contributed by atoms with Crippen molar-refractivity contribution in [2.45, 2.75) is 39.4 Å². The predicted octanol–water partition coefficient (Wildman–Crippen LogP) is 0.944. The first-order chi connectivity index (χ1) is 12.5. The van der Waals surface area contributed by atoms with Crippen LogP contribution in [-0.4, -0.2) is 22.3 Å². The van der Waals surface area contributed by atoms with Gasteiger partial charge in [0.2, 0.25) is 5.88 Å². The molecule has 0 saturated carbocycles. The second kappa shape index (κ2) is 9.78. The maximum atomic E-state index is 11.1. The second-order valence-electron chi connectivity index (χ2n) is 6.40. The van der Waals surface area contributed by atoms with Crippen molar-refractivity contribution in [2.75, 3.05) is 0 Å². The number of H-pyrrole nitrogens is 1. The Morgan fingerprint density at radius 2 is 1.85 bits per heavy atom. The number of pyridine rings is 1. The van der Waals surface area contributed by atoms with Crippen LogP contribution >= 0.6 is 0 Å². The third kappa shape index (κ3) is 6.27. The number of aromatic nitrogens is 2. The Bertz CT molecular complexity index is 909. The molecular formula is C20H23N2NaO4. The van der Waals surface area contributed by atoms with Gasteiger partial charge in [0.05, 0.1) is 18.3 Å². The molecule has 0 spiro atoms. The summed E-state index contributed by atoms with van der Waals surface area (Å²) in [7, 11) is 0. The summed E-state index contributed by atoms with van der Waals surface area (Å²) in [5.41, 5.74) is 1.66. The van der Waals surface area contributed by atoms with Gasteiger partial charge in [-0.25, -0.2) is 4.98 Å². The molecule has 2 heterocycles. The molecule has 2 aromatic heterocycles. The van der Waals surface area contributed by atoms with E-state index in [-0.39, 0.29) is 48.8 Å². The second-order valence-corrected chi connectivity index (χ2v) is 6.40. The fraction of sp³-hybridized carbons (Fsp3) is 0.300. The molecule has 138 valence electrons. The van der Waals surface area contributed by atoms with E-state index in [1.54, 1.807) is 6.20 Å². The van der Waals surface area contributed by atoms with E-state index in [2.05, 4.69) is 10.1 Å². The first-order valence-electron chi connectivity index (χ1n) is 8.57. The van der Waals surface area contributed by atoms with Crippen molar-refractivity contribution in [3.63, 3.8) is 0 Å². The molecule has 0 aliphatic carbocycles. The molecule has 0 saturated heterocycles. The topological polar surface area (TPSA) is 77.4 Å². The molecule has 0 fully saturated rings. The van der Waals surface area contributed by atoms with Gasteiger partial charge in [0.1, 0.15) is 5.75 Å². The number of aromatic amines is 1. The van der Waals surface area contributed by atoms with Crippen molar-refractivity contribution in [1.29, 1.82) is 0 Å². The van der Waals surface area contributed by atoms with E-state index in [0.29, 0.717) is 11.6 Å². The van der Waals surface area contributed by atoms with Crippen molar-refractivity contribution >= 4 is 0 Å². The first-order valence-corrected chi connectivity index (χ1v) is 8.57.